The van der Waals surface area contributed by atoms with Crippen molar-refractivity contribution in [1.82, 2.24) is 14.8 Å². The molecule has 3 aromatic rings. The minimum atomic E-state index is 0.0603. The molecule has 25 heavy (non-hydrogen) atoms. The first-order chi connectivity index (χ1) is 12.2. The van der Waals surface area contributed by atoms with Gasteiger partial charge in [-0.1, -0.05) is 55.5 Å². The van der Waals surface area contributed by atoms with Crippen LogP contribution in [0.1, 0.15) is 24.7 Å². The van der Waals surface area contributed by atoms with E-state index in [1.54, 1.807) is 11.0 Å². The lowest BCUT2D eigenvalue weighted by molar-refractivity contribution is 0.0618. The first kappa shape index (κ1) is 16.0. The number of nitrogens with zero attached hydrogens (tertiary/aromatic N) is 3. The van der Waals surface area contributed by atoms with Crippen molar-refractivity contribution in [2.75, 3.05) is 6.61 Å². The van der Waals surface area contributed by atoms with Crippen molar-refractivity contribution in [2.45, 2.75) is 25.9 Å². The third-order valence-corrected chi connectivity index (χ3v) is 4.74. The monoisotopic (exact) mass is 333 g/mol. The fourth-order valence-electron chi connectivity index (χ4n) is 3.44. The van der Waals surface area contributed by atoms with Gasteiger partial charge in [-0.05, 0) is 35.1 Å². The number of hydrogen-bond acceptors (Lipinski definition) is 3. The molecule has 0 bridgehead atoms. The van der Waals surface area contributed by atoms with Crippen LogP contribution in [0, 0.1) is 5.92 Å². The molecular weight excluding hydrogens is 310 g/mol. The molecule has 0 aliphatic carbocycles. The Labute approximate surface area is 148 Å². The Morgan fingerprint density at radius 3 is 2.80 bits per heavy atom. The molecule has 0 radical (unpaired) electrons. The summed E-state index contributed by atoms with van der Waals surface area (Å²) in [6.45, 7) is 2.93. The summed E-state index contributed by atoms with van der Waals surface area (Å²) in [6.07, 6.45) is 5.99. The lowest BCUT2D eigenvalue weighted by atomic mass is 9.94. The number of rotatable bonds is 4. The SMILES string of the molecule is C[C@@H]1C=C(c2ncn(C)n2)[C@H](CCc2ccc3ccccc3c2)OC1. The van der Waals surface area contributed by atoms with Crippen LogP contribution >= 0.6 is 0 Å². The van der Waals surface area contributed by atoms with Crippen LogP contribution in [0.3, 0.4) is 0 Å². The molecule has 2 heterocycles. The third kappa shape index (κ3) is 3.49. The maximum atomic E-state index is 6.12. The lowest BCUT2D eigenvalue weighted by Gasteiger charge is -2.26. The normalized spacial score (nSPS) is 20.6. The van der Waals surface area contributed by atoms with Crippen molar-refractivity contribution < 1.29 is 4.74 Å². The average Bonchev–Trinajstić information content (AvgIpc) is 3.07. The second-order valence-electron chi connectivity index (χ2n) is 6.88. The highest BCUT2D eigenvalue weighted by atomic mass is 16.5. The van der Waals surface area contributed by atoms with Crippen LogP contribution in [0.2, 0.25) is 0 Å². The summed E-state index contributed by atoms with van der Waals surface area (Å²) in [5, 5.41) is 7.05. The Hall–Kier alpha value is -2.46. The summed E-state index contributed by atoms with van der Waals surface area (Å²) < 4.78 is 7.86. The molecule has 0 saturated carbocycles. The maximum absolute atomic E-state index is 6.12. The second-order valence-corrected chi connectivity index (χ2v) is 6.88. The second kappa shape index (κ2) is 6.81. The van der Waals surface area contributed by atoms with Crippen molar-refractivity contribution in [2.24, 2.45) is 13.0 Å². The lowest BCUT2D eigenvalue weighted by Crippen LogP contribution is -2.25. The first-order valence-corrected chi connectivity index (χ1v) is 8.86. The zero-order chi connectivity index (χ0) is 17.2. The van der Waals surface area contributed by atoms with Gasteiger partial charge in [0.05, 0.1) is 12.7 Å². The van der Waals surface area contributed by atoms with E-state index in [2.05, 4.69) is 65.5 Å². The number of fused-ring (bicyclic) bond motifs is 1. The van der Waals surface area contributed by atoms with Crippen LogP contribution in [0.4, 0.5) is 0 Å². The first-order valence-electron chi connectivity index (χ1n) is 8.86. The Morgan fingerprint density at radius 1 is 1.16 bits per heavy atom. The fourth-order valence-corrected chi connectivity index (χ4v) is 3.44. The number of benzene rings is 2. The van der Waals surface area contributed by atoms with Crippen LogP contribution < -0.4 is 0 Å². The van der Waals surface area contributed by atoms with E-state index in [4.69, 9.17) is 4.74 Å². The van der Waals surface area contributed by atoms with Gasteiger partial charge in [-0.3, -0.25) is 4.68 Å². The van der Waals surface area contributed by atoms with Gasteiger partial charge in [0.25, 0.3) is 0 Å². The van der Waals surface area contributed by atoms with Crippen molar-refractivity contribution in [3.05, 3.63) is 66.3 Å². The quantitative estimate of drug-likeness (QED) is 0.724. The standard InChI is InChI=1S/C21H23N3O/c1-15-11-19(21-22-14-24(2)23-21)20(25-13-15)10-8-16-7-9-17-5-3-4-6-18(17)12-16/h3-7,9,11-12,14-15,20H,8,10,13H2,1-2H3/t15-,20+/m1/s1. The van der Waals surface area contributed by atoms with E-state index < -0.39 is 0 Å². The van der Waals surface area contributed by atoms with Crippen LogP contribution in [0.25, 0.3) is 16.3 Å². The van der Waals surface area contributed by atoms with Crippen LogP contribution in [-0.2, 0) is 18.2 Å². The Kier molecular flexibility index (Phi) is 4.36. The van der Waals surface area contributed by atoms with E-state index in [1.807, 2.05) is 7.05 Å². The number of aromatic nitrogens is 3. The summed E-state index contributed by atoms with van der Waals surface area (Å²) in [5.74, 6) is 1.19. The van der Waals surface area contributed by atoms with E-state index in [0.29, 0.717) is 5.92 Å². The third-order valence-electron chi connectivity index (χ3n) is 4.74. The van der Waals surface area contributed by atoms with Crippen molar-refractivity contribution in [3.8, 4) is 0 Å². The largest absolute Gasteiger partial charge is 0.373 e. The van der Waals surface area contributed by atoms with Gasteiger partial charge >= 0.3 is 0 Å². The van der Waals surface area contributed by atoms with E-state index in [-0.39, 0.29) is 6.10 Å². The summed E-state index contributed by atoms with van der Waals surface area (Å²) in [6, 6.07) is 15.2. The molecule has 1 aliphatic rings. The maximum Gasteiger partial charge on any atom is 0.179 e. The van der Waals surface area contributed by atoms with Gasteiger partial charge in [-0.15, -0.1) is 0 Å². The van der Waals surface area contributed by atoms with Gasteiger partial charge in [-0.2, -0.15) is 5.10 Å². The molecule has 0 amide bonds. The van der Waals surface area contributed by atoms with Crippen LogP contribution in [0.15, 0.2) is 54.9 Å². The molecule has 2 aromatic carbocycles. The molecule has 4 heteroatoms. The van der Waals surface area contributed by atoms with Gasteiger partial charge in [0.15, 0.2) is 5.82 Å². The molecule has 1 aliphatic heterocycles. The highest BCUT2D eigenvalue weighted by Crippen LogP contribution is 2.28. The van der Waals surface area contributed by atoms with Gasteiger partial charge in [0, 0.05) is 12.6 Å². The van der Waals surface area contributed by atoms with E-state index >= 15 is 0 Å². The Morgan fingerprint density at radius 2 is 2.00 bits per heavy atom. The van der Waals surface area contributed by atoms with E-state index in [0.717, 1.165) is 30.8 Å². The summed E-state index contributed by atoms with van der Waals surface area (Å²) >= 11 is 0. The molecule has 4 rings (SSSR count). The molecule has 0 N–H and O–H groups in total. The molecule has 0 fully saturated rings. The van der Waals surface area contributed by atoms with Gasteiger partial charge in [0.2, 0.25) is 0 Å². The Bertz CT molecular complexity index is 912. The highest BCUT2D eigenvalue weighted by molar-refractivity contribution is 5.83. The smallest absolute Gasteiger partial charge is 0.179 e. The molecule has 1 aromatic heterocycles. The van der Waals surface area contributed by atoms with Gasteiger partial charge in [0.1, 0.15) is 6.33 Å². The molecule has 4 nitrogen and oxygen atoms in total. The van der Waals surface area contributed by atoms with Crippen LogP contribution in [0.5, 0.6) is 0 Å². The van der Waals surface area contributed by atoms with E-state index in [9.17, 15) is 0 Å². The van der Waals surface area contributed by atoms with Crippen LogP contribution in [-0.4, -0.2) is 27.5 Å². The molecular formula is C21H23N3O. The summed E-state index contributed by atoms with van der Waals surface area (Å²) in [7, 11) is 1.90. The molecule has 2 atom stereocenters. The van der Waals surface area contributed by atoms with Gasteiger partial charge < -0.3 is 4.74 Å². The zero-order valence-corrected chi connectivity index (χ0v) is 14.7. The predicted octanol–water partition coefficient (Wildman–Crippen LogP) is 4.02. The fraction of sp³-hybridized carbons (Fsp3) is 0.333. The molecule has 0 spiro atoms. The van der Waals surface area contributed by atoms with E-state index in [1.165, 1.54) is 16.3 Å². The molecule has 0 unspecified atom stereocenters. The van der Waals surface area contributed by atoms with Crippen molar-refractivity contribution in [1.29, 1.82) is 0 Å². The number of hydrogen-bond donors (Lipinski definition) is 0. The van der Waals surface area contributed by atoms with Crippen molar-refractivity contribution in [3.63, 3.8) is 0 Å². The average molecular weight is 333 g/mol. The molecule has 128 valence electrons. The summed E-state index contributed by atoms with van der Waals surface area (Å²) in [5.41, 5.74) is 2.47. The van der Waals surface area contributed by atoms with Gasteiger partial charge in [-0.25, -0.2) is 4.98 Å². The topological polar surface area (TPSA) is 39.9 Å². The predicted molar refractivity (Wildman–Crippen MR) is 100 cm³/mol. The highest BCUT2D eigenvalue weighted by Gasteiger charge is 2.25. The number of aryl methyl sites for hydroxylation is 2. The molecule has 0 saturated heterocycles. The van der Waals surface area contributed by atoms with Crippen molar-refractivity contribution >= 4 is 16.3 Å². The summed E-state index contributed by atoms with van der Waals surface area (Å²) in [4.78, 5) is 4.42. The zero-order valence-electron chi connectivity index (χ0n) is 14.7. The number of ether oxygens (including phenoxy) is 1. The minimum absolute atomic E-state index is 0.0603. The Balaban J connectivity index is 1.53. The minimum Gasteiger partial charge on any atom is -0.373 e.